The predicted molar refractivity (Wildman–Crippen MR) is 99.8 cm³/mol. The summed E-state index contributed by atoms with van der Waals surface area (Å²) in [5.74, 6) is 2.96. The Labute approximate surface area is 159 Å². The minimum absolute atomic E-state index is 0.108. The van der Waals surface area contributed by atoms with Crippen LogP contribution in [0.4, 0.5) is 0 Å². The average Bonchev–Trinajstić information content (AvgIpc) is 3.09. The second-order valence-electron chi connectivity index (χ2n) is 6.67. The molecule has 7 heteroatoms. The highest BCUT2D eigenvalue weighted by Crippen LogP contribution is 2.29. The van der Waals surface area contributed by atoms with Gasteiger partial charge in [0, 0.05) is 38.8 Å². The number of carbonyl (C=O) groups is 1. The largest absolute Gasteiger partial charge is 0.490 e. The van der Waals surface area contributed by atoms with Gasteiger partial charge in [0.2, 0.25) is 11.8 Å². The van der Waals surface area contributed by atoms with E-state index in [2.05, 4.69) is 10.1 Å². The predicted octanol–water partition coefficient (Wildman–Crippen LogP) is 3.17. The summed E-state index contributed by atoms with van der Waals surface area (Å²) < 4.78 is 16.8. The summed E-state index contributed by atoms with van der Waals surface area (Å²) in [6.45, 7) is 5.80. The molecule has 1 amide bonds. The number of para-hydroxylation sites is 2. The van der Waals surface area contributed by atoms with Crippen molar-refractivity contribution in [3.8, 4) is 11.5 Å². The van der Waals surface area contributed by atoms with E-state index in [1.165, 1.54) is 0 Å². The molecule has 0 aliphatic carbocycles. The summed E-state index contributed by atoms with van der Waals surface area (Å²) >= 11 is 0. The fraction of sp³-hybridized carbons (Fsp3) is 0.550. The molecule has 3 rings (SSSR count). The molecule has 0 unspecified atom stereocenters. The normalized spacial score (nSPS) is 15.0. The van der Waals surface area contributed by atoms with Crippen LogP contribution in [0, 0.1) is 6.92 Å². The van der Waals surface area contributed by atoms with Crippen LogP contribution in [0.15, 0.2) is 28.8 Å². The van der Waals surface area contributed by atoms with Crippen molar-refractivity contribution >= 4 is 5.91 Å². The first-order chi connectivity index (χ1) is 13.2. The molecule has 7 nitrogen and oxygen atoms in total. The van der Waals surface area contributed by atoms with E-state index in [4.69, 9.17) is 14.0 Å². The molecular weight excluding hydrogens is 346 g/mol. The third-order valence-electron chi connectivity index (χ3n) is 4.59. The molecule has 146 valence electrons. The number of likely N-dealkylation sites (tertiary alicyclic amines) is 1. The van der Waals surface area contributed by atoms with Gasteiger partial charge in [-0.3, -0.25) is 4.79 Å². The van der Waals surface area contributed by atoms with Crippen molar-refractivity contribution in [2.45, 2.75) is 52.1 Å². The molecule has 1 fully saturated rings. The summed E-state index contributed by atoms with van der Waals surface area (Å²) in [7, 11) is 0. The third-order valence-corrected chi connectivity index (χ3v) is 4.59. The van der Waals surface area contributed by atoms with E-state index < -0.39 is 0 Å². The minimum Gasteiger partial charge on any atom is -0.490 e. The van der Waals surface area contributed by atoms with Gasteiger partial charge in [0.1, 0.15) is 6.10 Å². The maximum Gasteiger partial charge on any atom is 0.226 e. The number of nitrogens with zero attached hydrogens (tertiary/aromatic N) is 3. The first-order valence-electron chi connectivity index (χ1n) is 9.61. The fourth-order valence-corrected chi connectivity index (χ4v) is 3.22. The Morgan fingerprint density at radius 3 is 2.67 bits per heavy atom. The summed E-state index contributed by atoms with van der Waals surface area (Å²) in [4.78, 5) is 18.5. The van der Waals surface area contributed by atoms with Crippen LogP contribution in [0.25, 0.3) is 0 Å². The van der Waals surface area contributed by atoms with Gasteiger partial charge in [-0.05, 0) is 32.4 Å². The number of amides is 1. The van der Waals surface area contributed by atoms with Crippen molar-refractivity contribution in [3.05, 3.63) is 36.0 Å². The molecule has 1 aliphatic rings. The van der Waals surface area contributed by atoms with Gasteiger partial charge in [-0.15, -0.1) is 0 Å². The lowest BCUT2D eigenvalue weighted by atomic mass is 10.1. The highest BCUT2D eigenvalue weighted by atomic mass is 16.5. The molecule has 2 heterocycles. The number of rotatable bonds is 8. The monoisotopic (exact) mass is 373 g/mol. The minimum atomic E-state index is 0.108. The van der Waals surface area contributed by atoms with Crippen molar-refractivity contribution in [2.75, 3.05) is 19.7 Å². The van der Waals surface area contributed by atoms with Gasteiger partial charge in [-0.1, -0.05) is 17.3 Å². The van der Waals surface area contributed by atoms with E-state index in [-0.39, 0.29) is 12.0 Å². The molecule has 0 saturated carbocycles. The van der Waals surface area contributed by atoms with Crippen molar-refractivity contribution in [1.82, 2.24) is 15.0 Å². The Kier molecular flexibility index (Phi) is 6.68. The van der Waals surface area contributed by atoms with Crippen molar-refractivity contribution in [3.63, 3.8) is 0 Å². The molecule has 27 heavy (non-hydrogen) atoms. The molecule has 2 aromatic rings. The van der Waals surface area contributed by atoms with Gasteiger partial charge >= 0.3 is 0 Å². The summed E-state index contributed by atoms with van der Waals surface area (Å²) in [6.07, 6.45) is 3.63. The maximum absolute atomic E-state index is 12.4. The molecule has 1 saturated heterocycles. The lowest BCUT2D eigenvalue weighted by Gasteiger charge is -2.32. The molecule has 0 N–H and O–H groups in total. The Balaban J connectivity index is 1.41. The third kappa shape index (κ3) is 5.45. The molecule has 1 aromatic heterocycles. The molecule has 0 atom stereocenters. The van der Waals surface area contributed by atoms with Gasteiger partial charge in [-0.2, -0.15) is 4.98 Å². The van der Waals surface area contributed by atoms with Crippen molar-refractivity contribution < 1.29 is 18.8 Å². The number of carbonyl (C=O) groups excluding carboxylic acids is 1. The van der Waals surface area contributed by atoms with Crippen LogP contribution in [-0.4, -0.2) is 46.7 Å². The lowest BCUT2D eigenvalue weighted by Crippen LogP contribution is -2.41. The number of piperidine rings is 1. The smallest absolute Gasteiger partial charge is 0.226 e. The second-order valence-corrected chi connectivity index (χ2v) is 6.67. The van der Waals surface area contributed by atoms with Gasteiger partial charge in [0.05, 0.1) is 6.61 Å². The SMILES string of the molecule is CCOc1ccccc1OC1CCN(C(=O)CCCc2nc(C)no2)CC1. The van der Waals surface area contributed by atoms with Crippen molar-refractivity contribution in [1.29, 1.82) is 0 Å². The standard InChI is InChI=1S/C20H27N3O4/c1-3-25-17-7-4-5-8-18(17)26-16-11-13-23(14-12-16)20(24)10-6-9-19-21-15(2)22-27-19/h4-5,7-8,16H,3,6,9-14H2,1-2H3. The van der Waals surface area contributed by atoms with Crippen LogP contribution in [0.5, 0.6) is 11.5 Å². The summed E-state index contributed by atoms with van der Waals surface area (Å²) in [5, 5.41) is 3.76. The molecule has 1 aliphatic heterocycles. The average molecular weight is 373 g/mol. The first kappa shape index (κ1) is 19.2. The molecule has 0 radical (unpaired) electrons. The van der Waals surface area contributed by atoms with E-state index in [9.17, 15) is 4.79 Å². The van der Waals surface area contributed by atoms with Crippen molar-refractivity contribution in [2.24, 2.45) is 0 Å². The fourth-order valence-electron chi connectivity index (χ4n) is 3.22. The number of aryl methyl sites for hydroxylation is 2. The number of ether oxygens (including phenoxy) is 2. The Hall–Kier alpha value is -2.57. The van der Waals surface area contributed by atoms with Gasteiger partial charge < -0.3 is 18.9 Å². The second kappa shape index (κ2) is 9.39. The molecule has 0 spiro atoms. The Morgan fingerprint density at radius 2 is 2.00 bits per heavy atom. The lowest BCUT2D eigenvalue weighted by molar-refractivity contribution is -0.133. The van der Waals surface area contributed by atoms with E-state index in [0.717, 1.165) is 43.9 Å². The zero-order valence-electron chi connectivity index (χ0n) is 16.0. The number of hydrogen-bond acceptors (Lipinski definition) is 6. The Bertz CT molecular complexity index is 738. The van der Waals surface area contributed by atoms with Gasteiger partial charge in [-0.25, -0.2) is 0 Å². The molecular formula is C20H27N3O4. The van der Waals surface area contributed by atoms with Crippen LogP contribution in [0.2, 0.25) is 0 Å². The van der Waals surface area contributed by atoms with Crippen LogP contribution < -0.4 is 9.47 Å². The molecule has 1 aromatic carbocycles. The highest BCUT2D eigenvalue weighted by Gasteiger charge is 2.24. The summed E-state index contributed by atoms with van der Waals surface area (Å²) in [5.41, 5.74) is 0. The summed E-state index contributed by atoms with van der Waals surface area (Å²) in [6, 6.07) is 7.74. The van der Waals surface area contributed by atoms with Crippen LogP contribution in [0.3, 0.4) is 0 Å². The van der Waals surface area contributed by atoms with Gasteiger partial charge in [0.25, 0.3) is 0 Å². The van der Waals surface area contributed by atoms with E-state index in [1.807, 2.05) is 36.1 Å². The highest BCUT2D eigenvalue weighted by molar-refractivity contribution is 5.76. The quantitative estimate of drug-likeness (QED) is 0.707. The van der Waals surface area contributed by atoms with E-state index in [1.54, 1.807) is 6.92 Å². The number of hydrogen-bond donors (Lipinski definition) is 0. The van der Waals surface area contributed by atoms with Gasteiger partial charge in [0.15, 0.2) is 17.3 Å². The molecule has 0 bridgehead atoms. The van der Waals surface area contributed by atoms with E-state index in [0.29, 0.717) is 31.2 Å². The number of benzene rings is 1. The zero-order valence-corrected chi connectivity index (χ0v) is 16.0. The maximum atomic E-state index is 12.4. The Morgan fingerprint density at radius 1 is 1.26 bits per heavy atom. The van der Waals surface area contributed by atoms with Crippen LogP contribution in [-0.2, 0) is 11.2 Å². The van der Waals surface area contributed by atoms with Crippen LogP contribution in [0.1, 0.15) is 44.3 Å². The van der Waals surface area contributed by atoms with E-state index >= 15 is 0 Å². The topological polar surface area (TPSA) is 77.7 Å². The first-order valence-corrected chi connectivity index (χ1v) is 9.61. The van der Waals surface area contributed by atoms with Crippen LogP contribution >= 0.6 is 0 Å². The number of aromatic nitrogens is 2. The zero-order chi connectivity index (χ0) is 19.1.